The highest BCUT2D eigenvalue weighted by Crippen LogP contribution is 2.26. The van der Waals surface area contributed by atoms with E-state index in [2.05, 4.69) is 48.3 Å². The molecule has 20 heavy (non-hydrogen) atoms. The number of pyridine rings is 1. The van der Waals surface area contributed by atoms with Crippen LogP contribution in [0, 0.1) is 6.92 Å². The summed E-state index contributed by atoms with van der Waals surface area (Å²) in [7, 11) is 0. The molecule has 0 unspecified atom stereocenters. The van der Waals surface area contributed by atoms with E-state index in [4.69, 9.17) is 4.98 Å². The van der Waals surface area contributed by atoms with Gasteiger partial charge < -0.3 is 5.32 Å². The molecule has 0 amide bonds. The molecule has 3 rings (SSSR count). The fourth-order valence-corrected chi connectivity index (χ4v) is 2.76. The highest BCUT2D eigenvalue weighted by molar-refractivity contribution is 5.81. The third-order valence-corrected chi connectivity index (χ3v) is 4.08. The molecular formula is C17H23N3. The van der Waals surface area contributed by atoms with Crippen LogP contribution in [0.2, 0.25) is 0 Å². The lowest BCUT2D eigenvalue weighted by atomic mass is 10.1. The Labute approximate surface area is 121 Å². The predicted octanol–water partition coefficient (Wildman–Crippen LogP) is 3.44. The molecule has 3 nitrogen and oxygen atoms in total. The number of benzene rings is 1. The summed E-state index contributed by atoms with van der Waals surface area (Å²) >= 11 is 0. The Morgan fingerprint density at radius 3 is 2.85 bits per heavy atom. The molecule has 1 N–H and O–H groups in total. The van der Waals surface area contributed by atoms with Gasteiger partial charge in [-0.25, -0.2) is 4.98 Å². The average molecular weight is 269 g/mol. The monoisotopic (exact) mass is 269 g/mol. The SMILES string of the molecule is CCN(CCNc1nc2ccccc2cc1C)C1CC1. The van der Waals surface area contributed by atoms with Gasteiger partial charge in [-0.2, -0.15) is 0 Å². The van der Waals surface area contributed by atoms with Crippen LogP contribution in [0.5, 0.6) is 0 Å². The number of nitrogens with zero attached hydrogens (tertiary/aromatic N) is 2. The minimum Gasteiger partial charge on any atom is -0.369 e. The lowest BCUT2D eigenvalue weighted by molar-refractivity contribution is 0.289. The molecule has 1 aromatic carbocycles. The third-order valence-electron chi connectivity index (χ3n) is 4.08. The summed E-state index contributed by atoms with van der Waals surface area (Å²) in [5.74, 6) is 1.02. The van der Waals surface area contributed by atoms with Crippen molar-refractivity contribution in [3.63, 3.8) is 0 Å². The second kappa shape index (κ2) is 5.80. The van der Waals surface area contributed by atoms with Gasteiger partial charge in [0, 0.05) is 24.5 Å². The maximum Gasteiger partial charge on any atom is 0.129 e. The fraction of sp³-hybridized carbons (Fsp3) is 0.471. The first-order valence-electron chi connectivity index (χ1n) is 7.62. The van der Waals surface area contributed by atoms with Crippen molar-refractivity contribution in [3.8, 4) is 0 Å². The first-order valence-corrected chi connectivity index (χ1v) is 7.62. The minimum absolute atomic E-state index is 0.840. The topological polar surface area (TPSA) is 28.2 Å². The molecule has 0 saturated heterocycles. The summed E-state index contributed by atoms with van der Waals surface area (Å²) in [4.78, 5) is 7.29. The Morgan fingerprint density at radius 1 is 1.30 bits per heavy atom. The van der Waals surface area contributed by atoms with Crippen molar-refractivity contribution in [3.05, 3.63) is 35.9 Å². The maximum atomic E-state index is 4.73. The molecule has 1 fully saturated rings. The van der Waals surface area contributed by atoms with E-state index in [1.54, 1.807) is 0 Å². The van der Waals surface area contributed by atoms with Crippen molar-refractivity contribution in [2.45, 2.75) is 32.7 Å². The Bertz CT molecular complexity index is 590. The number of anilines is 1. The zero-order chi connectivity index (χ0) is 13.9. The first-order chi connectivity index (χ1) is 9.78. The van der Waals surface area contributed by atoms with Crippen LogP contribution in [0.4, 0.5) is 5.82 Å². The molecule has 0 spiro atoms. The molecule has 2 aromatic rings. The van der Waals surface area contributed by atoms with Gasteiger partial charge >= 0.3 is 0 Å². The number of aromatic nitrogens is 1. The number of likely N-dealkylation sites (N-methyl/N-ethyl adjacent to an activating group) is 1. The second-order valence-corrected chi connectivity index (χ2v) is 5.63. The van der Waals surface area contributed by atoms with Crippen LogP contribution in [0.15, 0.2) is 30.3 Å². The van der Waals surface area contributed by atoms with Crippen LogP contribution in [0.3, 0.4) is 0 Å². The molecule has 0 atom stereocenters. The van der Waals surface area contributed by atoms with Crippen molar-refractivity contribution in [1.29, 1.82) is 0 Å². The van der Waals surface area contributed by atoms with Gasteiger partial charge in [0.15, 0.2) is 0 Å². The Morgan fingerprint density at radius 2 is 2.10 bits per heavy atom. The molecule has 0 aliphatic heterocycles. The summed E-state index contributed by atoms with van der Waals surface area (Å²) in [6.07, 6.45) is 2.75. The molecule has 0 radical (unpaired) electrons. The number of rotatable bonds is 6. The van der Waals surface area contributed by atoms with Gasteiger partial charge in [0.1, 0.15) is 5.82 Å². The highest BCUT2D eigenvalue weighted by atomic mass is 15.2. The minimum atomic E-state index is 0.840. The van der Waals surface area contributed by atoms with Crippen LogP contribution >= 0.6 is 0 Å². The van der Waals surface area contributed by atoms with Gasteiger partial charge in [-0.15, -0.1) is 0 Å². The molecule has 1 aliphatic carbocycles. The van der Waals surface area contributed by atoms with E-state index in [0.29, 0.717) is 0 Å². The number of aryl methyl sites for hydroxylation is 1. The van der Waals surface area contributed by atoms with Crippen LogP contribution in [-0.2, 0) is 0 Å². The molecular weight excluding hydrogens is 246 g/mol. The van der Waals surface area contributed by atoms with Crippen LogP contribution in [0.25, 0.3) is 10.9 Å². The number of para-hydroxylation sites is 1. The largest absolute Gasteiger partial charge is 0.369 e. The smallest absolute Gasteiger partial charge is 0.129 e. The van der Waals surface area contributed by atoms with Crippen molar-refractivity contribution in [2.24, 2.45) is 0 Å². The van der Waals surface area contributed by atoms with E-state index in [1.807, 2.05) is 6.07 Å². The molecule has 3 heteroatoms. The van der Waals surface area contributed by atoms with E-state index < -0.39 is 0 Å². The Hall–Kier alpha value is -1.61. The highest BCUT2D eigenvalue weighted by Gasteiger charge is 2.27. The molecule has 1 aromatic heterocycles. The van der Waals surface area contributed by atoms with Crippen LogP contribution in [0.1, 0.15) is 25.3 Å². The molecule has 1 saturated carbocycles. The summed E-state index contributed by atoms with van der Waals surface area (Å²) in [6.45, 7) is 7.60. The summed E-state index contributed by atoms with van der Waals surface area (Å²) in [5, 5.41) is 4.71. The van der Waals surface area contributed by atoms with Gasteiger partial charge in [-0.3, -0.25) is 4.90 Å². The third kappa shape index (κ3) is 2.93. The number of hydrogen-bond donors (Lipinski definition) is 1. The van der Waals surface area contributed by atoms with Crippen LogP contribution < -0.4 is 5.32 Å². The van der Waals surface area contributed by atoms with Crippen molar-refractivity contribution in [1.82, 2.24) is 9.88 Å². The molecule has 106 valence electrons. The Balaban J connectivity index is 1.66. The van der Waals surface area contributed by atoms with Crippen molar-refractivity contribution >= 4 is 16.7 Å². The molecule has 1 heterocycles. The fourth-order valence-electron chi connectivity index (χ4n) is 2.76. The predicted molar refractivity (Wildman–Crippen MR) is 85.2 cm³/mol. The van der Waals surface area contributed by atoms with E-state index in [1.165, 1.54) is 23.8 Å². The zero-order valence-electron chi connectivity index (χ0n) is 12.4. The lowest BCUT2D eigenvalue weighted by Gasteiger charge is -2.20. The van der Waals surface area contributed by atoms with E-state index >= 15 is 0 Å². The standard InChI is InChI=1S/C17H23N3/c1-3-20(15-8-9-15)11-10-18-17-13(2)12-14-6-4-5-7-16(14)19-17/h4-7,12,15H,3,8-11H2,1-2H3,(H,18,19). The lowest BCUT2D eigenvalue weighted by Crippen LogP contribution is -2.31. The van der Waals surface area contributed by atoms with Gasteiger partial charge in [0.05, 0.1) is 5.52 Å². The Kier molecular flexibility index (Phi) is 3.88. The second-order valence-electron chi connectivity index (χ2n) is 5.63. The number of fused-ring (bicyclic) bond motifs is 1. The van der Waals surface area contributed by atoms with E-state index in [-0.39, 0.29) is 0 Å². The van der Waals surface area contributed by atoms with Gasteiger partial charge in [0.2, 0.25) is 0 Å². The quantitative estimate of drug-likeness (QED) is 0.870. The molecule has 1 aliphatic rings. The molecule has 0 bridgehead atoms. The van der Waals surface area contributed by atoms with Gasteiger partial charge in [-0.05, 0) is 44.0 Å². The normalized spacial score (nSPS) is 14.9. The number of hydrogen-bond acceptors (Lipinski definition) is 3. The maximum absolute atomic E-state index is 4.73. The van der Waals surface area contributed by atoms with Crippen LogP contribution in [-0.4, -0.2) is 35.6 Å². The average Bonchev–Trinajstić information content (AvgIpc) is 3.28. The van der Waals surface area contributed by atoms with Gasteiger partial charge in [-0.1, -0.05) is 25.1 Å². The van der Waals surface area contributed by atoms with Crippen molar-refractivity contribution in [2.75, 3.05) is 25.0 Å². The van der Waals surface area contributed by atoms with Crippen molar-refractivity contribution < 1.29 is 0 Å². The number of nitrogens with one attached hydrogen (secondary N) is 1. The van der Waals surface area contributed by atoms with Gasteiger partial charge in [0.25, 0.3) is 0 Å². The van der Waals surface area contributed by atoms with E-state index in [0.717, 1.165) is 37.0 Å². The van der Waals surface area contributed by atoms with E-state index in [9.17, 15) is 0 Å². The summed E-state index contributed by atoms with van der Waals surface area (Å²) in [6, 6.07) is 11.3. The first kappa shape index (κ1) is 13.4. The zero-order valence-corrected chi connectivity index (χ0v) is 12.4. The summed E-state index contributed by atoms with van der Waals surface area (Å²) in [5.41, 5.74) is 2.29. The summed E-state index contributed by atoms with van der Waals surface area (Å²) < 4.78 is 0.